The number of primary amides is 1. The maximum Gasteiger partial charge on any atom is 0.404 e. The van der Waals surface area contributed by atoms with Gasteiger partial charge in [-0.2, -0.15) is 0 Å². The van der Waals surface area contributed by atoms with Crippen molar-refractivity contribution in [2.75, 3.05) is 12.4 Å². The molecule has 1 aliphatic rings. The first kappa shape index (κ1) is 31.4. The molecule has 0 bridgehead atoms. The van der Waals surface area contributed by atoms with Crippen LogP contribution in [-0.2, 0) is 14.2 Å². The summed E-state index contributed by atoms with van der Waals surface area (Å²) in [7, 11) is 1.37. The Hall–Kier alpha value is -4.98. The van der Waals surface area contributed by atoms with E-state index in [2.05, 4.69) is 5.32 Å². The Kier molecular flexibility index (Phi) is 8.52. The zero-order valence-corrected chi connectivity index (χ0v) is 24.7. The summed E-state index contributed by atoms with van der Waals surface area (Å²) in [5.74, 6) is -1.50. The van der Waals surface area contributed by atoms with Crippen molar-refractivity contribution in [1.82, 2.24) is 0 Å². The smallest absolute Gasteiger partial charge is 0.404 e. The van der Waals surface area contributed by atoms with Gasteiger partial charge in [0, 0.05) is 18.2 Å². The molecule has 0 aliphatic carbocycles. The van der Waals surface area contributed by atoms with Crippen molar-refractivity contribution in [2.24, 2.45) is 5.73 Å². The second kappa shape index (κ2) is 12.2. The monoisotopic (exact) mass is 622 g/mol. The number of carbonyl (C=O) groups excluding carboxylic acids is 2. The maximum atomic E-state index is 13.3. The second-order valence-electron chi connectivity index (χ2n) is 11.0. The number of anilines is 1. The molecule has 1 aliphatic heterocycles. The molecule has 1 aromatic heterocycles. The Morgan fingerprint density at radius 1 is 1.07 bits per heavy atom. The highest BCUT2D eigenvalue weighted by Crippen LogP contribution is 2.38. The summed E-state index contributed by atoms with van der Waals surface area (Å²) in [6.45, 7) is 4.86. The van der Waals surface area contributed by atoms with E-state index in [4.69, 9.17) is 29.1 Å². The Morgan fingerprint density at radius 3 is 2.44 bits per heavy atom. The molecule has 5 rings (SSSR count). The summed E-state index contributed by atoms with van der Waals surface area (Å²) in [6.07, 6.45) is -6.13. The summed E-state index contributed by atoms with van der Waals surface area (Å²) in [5, 5.41) is 24.5. The zero-order valence-electron chi connectivity index (χ0n) is 24.7. The molecule has 1 saturated heterocycles. The normalized spacial score (nSPS) is 20.8. The zero-order chi connectivity index (χ0) is 32.6. The van der Waals surface area contributed by atoms with E-state index in [1.807, 2.05) is 0 Å². The molecule has 2 heterocycles. The fraction of sp³-hybridized carbons (Fsp3) is 0.281. The van der Waals surface area contributed by atoms with Gasteiger partial charge in [0.15, 0.2) is 23.6 Å². The van der Waals surface area contributed by atoms with Crippen molar-refractivity contribution < 1.29 is 47.6 Å². The third kappa shape index (κ3) is 6.18. The predicted octanol–water partition coefficient (Wildman–Crippen LogP) is 4.22. The summed E-state index contributed by atoms with van der Waals surface area (Å²) >= 11 is 0. The maximum absolute atomic E-state index is 13.3. The van der Waals surface area contributed by atoms with Gasteiger partial charge >= 0.3 is 11.7 Å². The van der Waals surface area contributed by atoms with Gasteiger partial charge in [0.2, 0.25) is 6.29 Å². The number of nitrogens with two attached hydrogens (primary N) is 1. The Balaban J connectivity index is 1.42. The molecule has 2 amide bonds. The van der Waals surface area contributed by atoms with E-state index < -0.39 is 65.1 Å². The van der Waals surface area contributed by atoms with Crippen LogP contribution in [0.5, 0.6) is 11.5 Å². The molecule has 0 spiro atoms. The molecule has 45 heavy (non-hydrogen) atoms. The molecule has 3 aromatic carbocycles. The van der Waals surface area contributed by atoms with Crippen LogP contribution in [0.4, 0.5) is 14.9 Å². The minimum atomic E-state index is -1.52. The third-order valence-electron chi connectivity index (χ3n) is 7.56. The molecule has 12 nitrogen and oxygen atoms in total. The average Bonchev–Trinajstić information content (AvgIpc) is 2.99. The number of aliphatic hydroxyl groups is 1. The number of nitrogens with one attached hydrogen (secondary N) is 1. The Labute approximate surface area is 256 Å². The molecule has 5 N–H and O–H groups in total. The van der Waals surface area contributed by atoms with Gasteiger partial charge in [-0.1, -0.05) is 24.3 Å². The van der Waals surface area contributed by atoms with Gasteiger partial charge in [0.05, 0.1) is 11.0 Å². The van der Waals surface area contributed by atoms with Crippen LogP contribution in [0.3, 0.4) is 0 Å². The second-order valence-corrected chi connectivity index (χ2v) is 11.0. The highest BCUT2D eigenvalue weighted by molar-refractivity contribution is 6.07. The van der Waals surface area contributed by atoms with Crippen molar-refractivity contribution in [3.63, 3.8) is 0 Å². The van der Waals surface area contributed by atoms with E-state index in [1.54, 1.807) is 51.1 Å². The number of ether oxygens (including phenoxy) is 4. The summed E-state index contributed by atoms with van der Waals surface area (Å²) in [5.41, 5.74) is 4.31. The number of rotatable bonds is 7. The number of carbonyl (C=O) groups is 2. The number of hydrogen-bond donors (Lipinski definition) is 4. The minimum absolute atomic E-state index is 0.0458. The van der Waals surface area contributed by atoms with E-state index in [1.165, 1.54) is 37.4 Å². The third-order valence-corrected chi connectivity index (χ3v) is 7.56. The highest BCUT2D eigenvalue weighted by atomic mass is 19.1. The van der Waals surface area contributed by atoms with Crippen LogP contribution >= 0.6 is 0 Å². The van der Waals surface area contributed by atoms with E-state index in [-0.39, 0.29) is 27.8 Å². The first-order valence-corrected chi connectivity index (χ1v) is 13.8. The van der Waals surface area contributed by atoms with Crippen LogP contribution in [0.2, 0.25) is 0 Å². The molecule has 4 atom stereocenters. The first-order valence-electron chi connectivity index (χ1n) is 13.8. The largest absolute Gasteiger partial charge is 0.505 e. The Bertz CT molecular complexity index is 1820. The number of aromatic hydroxyl groups is 1. The molecule has 0 unspecified atom stereocenters. The number of methoxy groups -OCH3 is 1. The van der Waals surface area contributed by atoms with Gasteiger partial charge in [0.1, 0.15) is 23.3 Å². The lowest BCUT2D eigenvalue weighted by Gasteiger charge is -2.47. The number of fused-ring (bicyclic) bond motifs is 1. The van der Waals surface area contributed by atoms with Gasteiger partial charge in [0.25, 0.3) is 5.91 Å². The van der Waals surface area contributed by atoms with Crippen LogP contribution in [-0.4, -0.2) is 59.5 Å². The molecular formula is C32H31FN2O10. The van der Waals surface area contributed by atoms with E-state index in [0.717, 1.165) is 0 Å². The van der Waals surface area contributed by atoms with E-state index in [0.29, 0.717) is 11.1 Å². The molecule has 4 aromatic rings. The lowest BCUT2D eigenvalue weighted by atomic mass is 9.89. The lowest BCUT2D eigenvalue weighted by molar-refractivity contribution is -0.304. The van der Waals surface area contributed by atoms with Crippen LogP contribution in [0.15, 0.2) is 69.9 Å². The standard InChI is InChI=1S/C32H31FN2O10/c1-15-21(42-30-24(37)26(44-31(34)40)27(41-4)32(2,3)45-30)13-12-20-23(36)22(29(39)43-25(15)20)35-28(38)18-7-5-6-17(14-18)16-8-10-19(33)11-9-16/h5-14,24,26-27,30,36-37H,1-4H3,(H2,34,40)(H,35,38)/t24-,26+,27-,30-/m1/s1. The van der Waals surface area contributed by atoms with Crippen LogP contribution in [0.1, 0.15) is 29.8 Å². The summed E-state index contributed by atoms with van der Waals surface area (Å²) < 4.78 is 41.2. The molecule has 13 heteroatoms. The van der Waals surface area contributed by atoms with Crippen LogP contribution in [0.25, 0.3) is 22.1 Å². The number of benzene rings is 3. The van der Waals surface area contributed by atoms with Crippen molar-refractivity contribution in [3.05, 3.63) is 88.0 Å². The van der Waals surface area contributed by atoms with Crippen molar-refractivity contribution in [1.29, 1.82) is 0 Å². The van der Waals surface area contributed by atoms with Crippen molar-refractivity contribution in [3.8, 4) is 22.6 Å². The number of aliphatic hydroxyl groups excluding tert-OH is 1. The highest BCUT2D eigenvalue weighted by Gasteiger charge is 2.53. The van der Waals surface area contributed by atoms with Gasteiger partial charge in [-0.25, -0.2) is 14.0 Å². The van der Waals surface area contributed by atoms with Crippen molar-refractivity contribution >= 4 is 28.7 Å². The number of hydrogen-bond acceptors (Lipinski definition) is 10. The van der Waals surface area contributed by atoms with Gasteiger partial charge in [-0.05, 0) is 68.3 Å². The van der Waals surface area contributed by atoms with E-state index >= 15 is 0 Å². The average molecular weight is 623 g/mol. The first-order chi connectivity index (χ1) is 21.3. The molecule has 0 saturated carbocycles. The van der Waals surface area contributed by atoms with Gasteiger partial charge < -0.3 is 44.6 Å². The fourth-order valence-electron chi connectivity index (χ4n) is 5.34. The Morgan fingerprint density at radius 2 is 1.78 bits per heavy atom. The number of halogens is 1. The fourth-order valence-corrected chi connectivity index (χ4v) is 5.34. The lowest BCUT2D eigenvalue weighted by Crippen LogP contribution is -2.65. The summed E-state index contributed by atoms with van der Waals surface area (Å²) in [4.78, 5) is 37.6. The minimum Gasteiger partial charge on any atom is -0.505 e. The van der Waals surface area contributed by atoms with Crippen molar-refractivity contribution in [2.45, 2.75) is 51.0 Å². The number of amides is 2. The topological polar surface area (TPSA) is 180 Å². The SMILES string of the molecule is CO[C@@H]1[C@@H](OC(N)=O)[C@@H](O)[C@H](Oc2ccc3c(O)c(NC(=O)c4cccc(-c5ccc(F)cc5)c4)c(=O)oc3c2C)OC1(C)C. The van der Waals surface area contributed by atoms with Crippen LogP contribution in [0, 0.1) is 12.7 Å². The van der Waals surface area contributed by atoms with Gasteiger partial charge in [-0.15, -0.1) is 0 Å². The quantitative estimate of drug-likeness (QED) is 0.218. The van der Waals surface area contributed by atoms with Gasteiger partial charge in [-0.3, -0.25) is 4.79 Å². The molecular weight excluding hydrogens is 591 g/mol. The molecule has 1 fully saturated rings. The molecule has 236 valence electrons. The van der Waals surface area contributed by atoms with Crippen LogP contribution < -0.4 is 21.4 Å². The van der Waals surface area contributed by atoms with E-state index in [9.17, 15) is 29.0 Å². The molecule has 0 radical (unpaired) electrons. The number of aryl methyl sites for hydroxylation is 1. The summed E-state index contributed by atoms with van der Waals surface area (Å²) in [6, 6.07) is 15.1. The predicted molar refractivity (Wildman–Crippen MR) is 160 cm³/mol.